The molecule has 0 radical (unpaired) electrons. The number of rotatable bonds is 7. The van der Waals surface area contributed by atoms with E-state index in [-0.39, 0.29) is 18.1 Å². The van der Waals surface area contributed by atoms with Crippen molar-refractivity contribution in [3.05, 3.63) is 35.5 Å². The lowest BCUT2D eigenvalue weighted by Gasteiger charge is -2.40. The molecule has 0 bridgehead atoms. The van der Waals surface area contributed by atoms with Crippen LogP contribution in [0.5, 0.6) is 11.5 Å². The van der Waals surface area contributed by atoms with E-state index in [9.17, 15) is 4.79 Å². The summed E-state index contributed by atoms with van der Waals surface area (Å²) in [7, 11) is 1.63. The summed E-state index contributed by atoms with van der Waals surface area (Å²) in [5.74, 6) is 2.78. The highest BCUT2D eigenvalue weighted by atomic mass is 16.7. The zero-order valence-electron chi connectivity index (χ0n) is 16.3. The van der Waals surface area contributed by atoms with Crippen LogP contribution >= 0.6 is 0 Å². The summed E-state index contributed by atoms with van der Waals surface area (Å²) in [5, 5.41) is 4.00. The highest BCUT2D eigenvalue weighted by Gasteiger charge is 2.36. The van der Waals surface area contributed by atoms with Gasteiger partial charge in [-0.15, -0.1) is 0 Å². The molecule has 0 aliphatic carbocycles. The van der Waals surface area contributed by atoms with E-state index in [0.717, 1.165) is 24.3 Å². The molecule has 0 N–H and O–H groups in total. The molecule has 1 aromatic carbocycles. The molecule has 28 heavy (non-hydrogen) atoms. The number of methoxy groups -OCH3 is 1. The van der Waals surface area contributed by atoms with Crippen molar-refractivity contribution in [1.82, 2.24) is 15.0 Å². The first-order valence-corrected chi connectivity index (χ1v) is 9.51. The summed E-state index contributed by atoms with van der Waals surface area (Å²) in [4.78, 5) is 18.7. The number of ether oxygens (including phenoxy) is 3. The molecule has 8 heteroatoms. The molecule has 150 valence electrons. The van der Waals surface area contributed by atoms with Crippen molar-refractivity contribution in [3.63, 3.8) is 0 Å². The molecule has 1 aromatic heterocycles. The number of carbonyl (C=O) groups excluding carboxylic acids is 1. The van der Waals surface area contributed by atoms with Gasteiger partial charge in [0.1, 0.15) is 0 Å². The van der Waals surface area contributed by atoms with E-state index in [1.54, 1.807) is 7.11 Å². The molecule has 0 spiro atoms. The summed E-state index contributed by atoms with van der Waals surface area (Å²) in [5.41, 5.74) is 1.16. The first kappa shape index (κ1) is 18.7. The van der Waals surface area contributed by atoms with Gasteiger partial charge in [-0.1, -0.05) is 18.1 Å². The van der Waals surface area contributed by atoms with Crippen LogP contribution in [0.1, 0.15) is 37.0 Å². The van der Waals surface area contributed by atoms with Crippen LogP contribution in [0.25, 0.3) is 0 Å². The van der Waals surface area contributed by atoms with Gasteiger partial charge in [0.2, 0.25) is 18.6 Å². The molecule has 1 unspecified atom stereocenters. The molecule has 4 rings (SSSR count). The summed E-state index contributed by atoms with van der Waals surface area (Å²) in [6.45, 7) is 4.04. The van der Waals surface area contributed by atoms with Crippen molar-refractivity contribution in [2.75, 3.05) is 27.1 Å². The van der Waals surface area contributed by atoms with Gasteiger partial charge in [-0.3, -0.25) is 4.79 Å². The number of nitrogens with zero attached hydrogens (tertiary/aromatic N) is 3. The monoisotopic (exact) mass is 387 g/mol. The smallest absolute Gasteiger partial charge is 0.231 e. The number of likely N-dealkylation sites (tertiary alicyclic amines) is 1. The Balaban J connectivity index is 1.42. The average molecular weight is 387 g/mol. The van der Waals surface area contributed by atoms with Crippen molar-refractivity contribution in [2.45, 2.75) is 39.2 Å². The number of piperidine rings is 1. The second-order valence-corrected chi connectivity index (χ2v) is 7.77. The van der Waals surface area contributed by atoms with Crippen LogP contribution in [0.3, 0.4) is 0 Å². The molecule has 0 saturated carbocycles. The SMILES string of the molecule is COCCc1nc(CN2CC(C)(Cc3ccc4c(c3)OCO4)CCC2=O)no1. The topological polar surface area (TPSA) is 86.9 Å². The molecule has 1 saturated heterocycles. The van der Waals surface area contributed by atoms with E-state index >= 15 is 0 Å². The molecular weight excluding hydrogens is 362 g/mol. The van der Waals surface area contributed by atoms with Gasteiger partial charge in [-0.05, 0) is 36.0 Å². The van der Waals surface area contributed by atoms with Gasteiger partial charge in [-0.25, -0.2) is 0 Å². The van der Waals surface area contributed by atoms with Crippen LogP contribution in [0.2, 0.25) is 0 Å². The fourth-order valence-electron chi connectivity index (χ4n) is 3.84. The van der Waals surface area contributed by atoms with Crippen LogP contribution in [-0.2, 0) is 28.9 Å². The van der Waals surface area contributed by atoms with Crippen LogP contribution in [0, 0.1) is 5.41 Å². The second kappa shape index (κ2) is 7.79. The van der Waals surface area contributed by atoms with Gasteiger partial charge in [-0.2, -0.15) is 4.98 Å². The lowest BCUT2D eigenvalue weighted by Crippen LogP contribution is -2.45. The number of fused-ring (bicyclic) bond motifs is 1. The standard InChI is InChI=1S/C20H25N3O5/c1-20(10-14-3-4-15-16(9-14)27-13-26-15)7-5-19(24)23(12-20)11-17-21-18(28-22-17)6-8-25-2/h3-4,9H,5-8,10-13H2,1-2H3. The Bertz CT molecular complexity index is 852. The minimum atomic E-state index is -0.0236. The highest BCUT2D eigenvalue weighted by molar-refractivity contribution is 5.77. The summed E-state index contributed by atoms with van der Waals surface area (Å²) < 4.78 is 21.1. The molecule has 1 amide bonds. The van der Waals surface area contributed by atoms with Crippen molar-refractivity contribution in [1.29, 1.82) is 0 Å². The molecule has 1 atom stereocenters. The Labute approximate surface area is 163 Å². The molecule has 3 heterocycles. The Hall–Kier alpha value is -2.61. The molecule has 2 aromatic rings. The third-order valence-corrected chi connectivity index (χ3v) is 5.30. The molecular formula is C20H25N3O5. The minimum Gasteiger partial charge on any atom is -0.454 e. The van der Waals surface area contributed by atoms with E-state index in [4.69, 9.17) is 18.7 Å². The average Bonchev–Trinajstić information content (AvgIpc) is 3.32. The van der Waals surface area contributed by atoms with Crippen LogP contribution in [0.15, 0.2) is 22.7 Å². The maximum atomic E-state index is 12.5. The third-order valence-electron chi connectivity index (χ3n) is 5.30. The van der Waals surface area contributed by atoms with Crippen molar-refractivity contribution >= 4 is 5.91 Å². The summed E-state index contributed by atoms with van der Waals surface area (Å²) >= 11 is 0. The first-order chi connectivity index (χ1) is 13.5. The van der Waals surface area contributed by atoms with Gasteiger partial charge in [0.05, 0.1) is 19.6 Å². The minimum absolute atomic E-state index is 0.0236. The normalized spacial score (nSPS) is 21.4. The number of aromatic nitrogens is 2. The number of hydrogen-bond acceptors (Lipinski definition) is 7. The number of amides is 1. The fourth-order valence-corrected chi connectivity index (χ4v) is 3.84. The number of hydrogen-bond donors (Lipinski definition) is 0. The Morgan fingerprint density at radius 1 is 1.29 bits per heavy atom. The molecule has 1 fully saturated rings. The maximum Gasteiger partial charge on any atom is 0.231 e. The van der Waals surface area contributed by atoms with Crippen molar-refractivity contribution < 1.29 is 23.5 Å². The van der Waals surface area contributed by atoms with E-state index in [2.05, 4.69) is 23.1 Å². The second-order valence-electron chi connectivity index (χ2n) is 7.77. The van der Waals surface area contributed by atoms with Gasteiger partial charge < -0.3 is 23.6 Å². The molecule has 8 nitrogen and oxygen atoms in total. The van der Waals surface area contributed by atoms with Gasteiger partial charge >= 0.3 is 0 Å². The van der Waals surface area contributed by atoms with Crippen LogP contribution < -0.4 is 9.47 Å². The zero-order chi connectivity index (χ0) is 19.6. The van der Waals surface area contributed by atoms with E-state index in [0.29, 0.717) is 44.3 Å². The van der Waals surface area contributed by atoms with E-state index in [1.807, 2.05) is 17.0 Å². The molecule has 2 aliphatic heterocycles. The fraction of sp³-hybridized carbons (Fsp3) is 0.550. The molecule has 2 aliphatic rings. The van der Waals surface area contributed by atoms with Crippen LogP contribution in [0.4, 0.5) is 0 Å². The summed E-state index contributed by atoms with van der Waals surface area (Å²) in [6.07, 6.45) is 2.80. The van der Waals surface area contributed by atoms with Crippen molar-refractivity contribution in [2.24, 2.45) is 5.41 Å². The van der Waals surface area contributed by atoms with Gasteiger partial charge in [0, 0.05) is 20.1 Å². The highest BCUT2D eigenvalue weighted by Crippen LogP contribution is 2.38. The van der Waals surface area contributed by atoms with E-state index < -0.39 is 0 Å². The number of carbonyl (C=O) groups is 1. The Morgan fingerprint density at radius 3 is 3.00 bits per heavy atom. The lowest BCUT2D eigenvalue weighted by atomic mass is 9.76. The summed E-state index contributed by atoms with van der Waals surface area (Å²) in [6, 6.07) is 6.06. The quantitative estimate of drug-likeness (QED) is 0.721. The largest absolute Gasteiger partial charge is 0.454 e. The van der Waals surface area contributed by atoms with Gasteiger partial charge in [0.15, 0.2) is 17.3 Å². The first-order valence-electron chi connectivity index (χ1n) is 9.51. The van der Waals surface area contributed by atoms with Crippen LogP contribution in [-0.4, -0.2) is 48.0 Å². The Morgan fingerprint density at radius 2 is 2.14 bits per heavy atom. The maximum absolute atomic E-state index is 12.5. The predicted octanol–water partition coefficient (Wildman–Crippen LogP) is 2.36. The van der Waals surface area contributed by atoms with Crippen molar-refractivity contribution in [3.8, 4) is 11.5 Å². The number of benzene rings is 1. The lowest BCUT2D eigenvalue weighted by molar-refractivity contribution is -0.138. The van der Waals surface area contributed by atoms with E-state index in [1.165, 1.54) is 5.56 Å². The Kier molecular flexibility index (Phi) is 5.21. The zero-order valence-corrected chi connectivity index (χ0v) is 16.3. The predicted molar refractivity (Wildman–Crippen MR) is 98.9 cm³/mol. The third kappa shape index (κ3) is 4.11. The van der Waals surface area contributed by atoms with Gasteiger partial charge in [0.25, 0.3) is 0 Å².